The summed E-state index contributed by atoms with van der Waals surface area (Å²) in [7, 11) is 0. The average Bonchev–Trinajstić information content (AvgIpc) is 3.10. The summed E-state index contributed by atoms with van der Waals surface area (Å²) in [5.74, 6) is 1.07. The van der Waals surface area contributed by atoms with Gasteiger partial charge in [0.25, 0.3) is 5.56 Å². The van der Waals surface area contributed by atoms with Gasteiger partial charge in [-0.15, -0.1) is 0 Å². The van der Waals surface area contributed by atoms with Crippen molar-refractivity contribution < 1.29 is 14.3 Å². The summed E-state index contributed by atoms with van der Waals surface area (Å²) in [5.41, 5.74) is 0.194. The van der Waals surface area contributed by atoms with Gasteiger partial charge < -0.3 is 14.8 Å². The molecule has 3 heterocycles. The zero-order valence-corrected chi connectivity index (χ0v) is 14.3. The van der Waals surface area contributed by atoms with E-state index >= 15 is 0 Å². The summed E-state index contributed by atoms with van der Waals surface area (Å²) in [6, 6.07) is 10.4. The molecule has 0 saturated carbocycles. The van der Waals surface area contributed by atoms with Crippen LogP contribution in [0.25, 0.3) is 0 Å². The van der Waals surface area contributed by atoms with E-state index in [1.165, 1.54) is 24.5 Å². The monoisotopic (exact) mass is 367 g/mol. The molecule has 138 valence electrons. The number of ether oxygens (including phenoxy) is 2. The molecule has 1 amide bonds. The number of carbonyl (C=O) groups is 1. The van der Waals surface area contributed by atoms with Crippen molar-refractivity contribution in [2.75, 3.05) is 11.9 Å². The number of nitrogens with one attached hydrogen (secondary N) is 1. The quantitative estimate of drug-likeness (QED) is 0.720. The van der Waals surface area contributed by atoms with Crippen LogP contribution in [0, 0.1) is 0 Å². The maximum atomic E-state index is 12.1. The van der Waals surface area contributed by atoms with Crippen molar-refractivity contribution in [1.29, 1.82) is 0 Å². The molecule has 1 N–H and O–H groups in total. The summed E-state index contributed by atoms with van der Waals surface area (Å²) < 4.78 is 14.3. The Balaban J connectivity index is 1.34. The predicted molar refractivity (Wildman–Crippen MR) is 95.7 cm³/mol. The van der Waals surface area contributed by atoms with Gasteiger partial charge >= 0.3 is 0 Å². The fourth-order valence-electron chi connectivity index (χ4n) is 2.73. The van der Waals surface area contributed by atoms with E-state index in [4.69, 9.17) is 9.47 Å². The number of para-hydroxylation sites is 2. The number of amides is 1. The van der Waals surface area contributed by atoms with Gasteiger partial charge in [-0.25, -0.2) is 4.68 Å². The molecule has 0 saturated heterocycles. The third-order valence-corrected chi connectivity index (χ3v) is 3.95. The van der Waals surface area contributed by atoms with E-state index in [2.05, 4.69) is 15.5 Å². The van der Waals surface area contributed by atoms with E-state index in [0.717, 1.165) is 10.4 Å². The van der Waals surface area contributed by atoms with E-state index in [1.807, 2.05) is 24.3 Å². The minimum absolute atomic E-state index is 0.165. The zero-order valence-electron chi connectivity index (χ0n) is 14.3. The van der Waals surface area contributed by atoms with Crippen LogP contribution in [0.15, 0.2) is 59.8 Å². The highest BCUT2D eigenvalue weighted by Gasteiger charge is 2.21. The Labute approximate surface area is 154 Å². The summed E-state index contributed by atoms with van der Waals surface area (Å²) in [5, 5.41) is 10.8. The lowest BCUT2D eigenvalue weighted by Gasteiger charge is -2.26. The Morgan fingerprint density at radius 3 is 2.89 bits per heavy atom. The van der Waals surface area contributed by atoms with Crippen molar-refractivity contribution in [2.24, 2.45) is 0 Å². The van der Waals surface area contributed by atoms with Crippen molar-refractivity contribution in [3.05, 3.63) is 65.3 Å². The molecule has 0 fully saturated rings. The summed E-state index contributed by atoms with van der Waals surface area (Å²) in [6.45, 7) is 0.728. The first-order valence-corrected chi connectivity index (χ1v) is 8.40. The number of aromatic nitrogens is 4. The van der Waals surface area contributed by atoms with Crippen LogP contribution in [0.5, 0.6) is 11.5 Å². The van der Waals surface area contributed by atoms with Gasteiger partial charge in [0.05, 0.1) is 18.4 Å². The fourth-order valence-corrected chi connectivity index (χ4v) is 2.73. The Morgan fingerprint density at radius 2 is 2.04 bits per heavy atom. The number of nitrogens with zero attached hydrogens (tertiary/aromatic N) is 4. The second kappa shape index (κ2) is 7.32. The number of hydrogen-bond donors (Lipinski definition) is 1. The van der Waals surface area contributed by atoms with Crippen molar-refractivity contribution in [3.8, 4) is 11.5 Å². The van der Waals surface area contributed by atoms with Gasteiger partial charge in [-0.3, -0.25) is 14.3 Å². The van der Waals surface area contributed by atoms with Crippen molar-refractivity contribution in [1.82, 2.24) is 19.6 Å². The van der Waals surface area contributed by atoms with Gasteiger partial charge in [0.15, 0.2) is 17.6 Å². The zero-order chi connectivity index (χ0) is 18.6. The molecule has 3 aromatic rings. The molecule has 9 heteroatoms. The molecule has 1 aromatic carbocycles. The number of benzene rings is 1. The first-order valence-electron chi connectivity index (χ1n) is 8.40. The van der Waals surface area contributed by atoms with Crippen LogP contribution in [0.3, 0.4) is 0 Å². The van der Waals surface area contributed by atoms with Crippen LogP contribution in [-0.4, -0.2) is 38.2 Å². The molecule has 0 aliphatic carbocycles. The van der Waals surface area contributed by atoms with Crippen LogP contribution in [0.4, 0.5) is 5.69 Å². The largest absolute Gasteiger partial charge is 0.486 e. The molecule has 1 aliphatic heterocycles. The maximum absolute atomic E-state index is 12.1. The molecule has 0 spiro atoms. The normalized spacial score (nSPS) is 15.3. The lowest BCUT2D eigenvalue weighted by molar-refractivity contribution is -0.117. The van der Waals surface area contributed by atoms with Crippen LogP contribution in [0.1, 0.15) is 0 Å². The van der Waals surface area contributed by atoms with Gasteiger partial charge in [-0.05, 0) is 18.2 Å². The smallest absolute Gasteiger partial charge is 0.267 e. The van der Waals surface area contributed by atoms with E-state index in [1.54, 1.807) is 10.9 Å². The van der Waals surface area contributed by atoms with Gasteiger partial charge in [0.2, 0.25) is 5.91 Å². The van der Waals surface area contributed by atoms with Crippen LogP contribution >= 0.6 is 0 Å². The molecular weight excluding hydrogens is 350 g/mol. The molecular formula is C18H17N5O4. The SMILES string of the molecule is O=C(Cn1ncccc1=O)Nc1cnn(C[C@@H]2COc3ccccc3O2)c1. The Morgan fingerprint density at radius 1 is 1.19 bits per heavy atom. The molecule has 0 unspecified atom stereocenters. The van der Waals surface area contributed by atoms with Crippen LogP contribution < -0.4 is 20.3 Å². The summed E-state index contributed by atoms with van der Waals surface area (Å²) >= 11 is 0. The predicted octanol–water partition coefficient (Wildman–Crippen LogP) is 0.918. The van der Waals surface area contributed by atoms with Gasteiger partial charge in [-0.2, -0.15) is 10.2 Å². The van der Waals surface area contributed by atoms with Crippen LogP contribution in [-0.2, 0) is 17.9 Å². The fraction of sp³-hybridized carbons (Fsp3) is 0.222. The first-order chi connectivity index (χ1) is 13.2. The molecule has 1 aliphatic rings. The van der Waals surface area contributed by atoms with E-state index in [9.17, 15) is 9.59 Å². The lowest BCUT2D eigenvalue weighted by Crippen LogP contribution is -2.33. The highest BCUT2D eigenvalue weighted by atomic mass is 16.6. The molecule has 1 atom stereocenters. The lowest BCUT2D eigenvalue weighted by atomic mass is 10.2. The van der Waals surface area contributed by atoms with E-state index in [-0.39, 0.29) is 24.1 Å². The van der Waals surface area contributed by atoms with Crippen molar-refractivity contribution >= 4 is 11.6 Å². The number of fused-ring (bicyclic) bond motifs is 1. The van der Waals surface area contributed by atoms with Crippen LogP contribution in [0.2, 0.25) is 0 Å². The first kappa shape index (κ1) is 16.8. The molecule has 2 aromatic heterocycles. The highest BCUT2D eigenvalue weighted by Crippen LogP contribution is 2.31. The number of rotatable bonds is 5. The van der Waals surface area contributed by atoms with Gasteiger partial charge in [0, 0.05) is 18.5 Å². The Kier molecular flexibility index (Phi) is 4.56. The average molecular weight is 367 g/mol. The van der Waals surface area contributed by atoms with Gasteiger partial charge in [0.1, 0.15) is 13.2 Å². The highest BCUT2D eigenvalue weighted by molar-refractivity contribution is 5.90. The number of carbonyl (C=O) groups excluding carboxylic acids is 1. The summed E-state index contributed by atoms with van der Waals surface area (Å²) in [4.78, 5) is 23.7. The second-order valence-electron chi connectivity index (χ2n) is 6.02. The third-order valence-electron chi connectivity index (χ3n) is 3.95. The number of hydrogen-bond acceptors (Lipinski definition) is 6. The molecule has 27 heavy (non-hydrogen) atoms. The minimum Gasteiger partial charge on any atom is -0.486 e. The van der Waals surface area contributed by atoms with E-state index in [0.29, 0.717) is 24.6 Å². The van der Waals surface area contributed by atoms with E-state index < -0.39 is 0 Å². The molecule has 0 radical (unpaired) electrons. The van der Waals surface area contributed by atoms with Crippen molar-refractivity contribution in [2.45, 2.75) is 19.2 Å². The molecule has 0 bridgehead atoms. The number of anilines is 1. The third kappa shape index (κ3) is 3.97. The molecule has 9 nitrogen and oxygen atoms in total. The van der Waals surface area contributed by atoms with Gasteiger partial charge in [-0.1, -0.05) is 12.1 Å². The Hall–Kier alpha value is -3.62. The minimum atomic E-state index is -0.360. The second-order valence-corrected chi connectivity index (χ2v) is 6.02. The standard InChI is InChI=1S/C18H17N5O4/c24-17(11-23-18(25)6-3-7-19-23)21-13-8-20-22(9-13)10-14-12-26-15-4-1-2-5-16(15)27-14/h1-9,14H,10-12H2,(H,21,24)/t14-/m1/s1. The Bertz CT molecular complexity index is 1010. The topological polar surface area (TPSA) is 100 Å². The summed E-state index contributed by atoms with van der Waals surface area (Å²) in [6.07, 6.45) is 4.51. The van der Waals surface area contributed by atoms with Crippen molar-refractivity contribution in [3.63, 3.8) is 0 Å². The maximum Gasteiger partial charge on any atom is 0.267 e. The molecule has 4 rings (SSSR count).